The van der Waals surface area contributed by atoms with Crippen LogP contribution in [0.4, 0.5) is 0 Å². The summed E-state index contributed by atoms with van der Waals surface area (Å²) in [7, 11) is -0.126. The van der Waals surface area contributed by atoms with Crippen LogP contribution in [0.5, 0.6) is 0 Å². The van der Waals surface area contributed by atoms with Crippen LogP contribution in [0.25, 0.3) is 6.08 Å². The van der Waals surface area contributed by atoms with E-state index in [4.69, 9.17) is 8.85 Å². The molecule has 3 heteroatoms. The SMILES string of the molecule is C=Cc1ccccc1CCCO[Si](CCC)(CCC)OC. The van der Waals surface area contributed by atoms with E-state index in [-0.39, 0.29) is 0 Å². The number of hydrogen-bond acceptors (Lipinski definition) is 2. The third-order valence-corrected chi connectivity index (χ3v) is 7.86. The highest BCUT2D eigenvalue weighted by atomic mass is 28.4. The van der Waals surface area contributed by atoms with Gasteiger partial charge in [0.05, 0.1) is 0 Å². The Morgan fingerprint density at radius 2 is 1.81 bits per heavy atom. The number of hydrogen-bond donors (Lipinski definition) is 0. The minimum Gasteiger partial charge on any atom is -0.398 e. The maximum Gasteiger partial charge on any atom is 0.337 e. The second-order valence-electron chi connectivity index (χ2n) is 5.47. The van der Waals surface area contributed by atoms with Gasteiger partial charge in [-0.2, -0.15) is 0 Å². The van der Waals surface area contributed by atoms with Crippen molar-refractivity contribution in [2.75, 3.05) is 13.7 Å². The van der Waals surface area contributed by atoms with Crippen LogP contribution in [0.15, 0.2) is 30.8 Å². The lowest BCUT2D eigenvalue weighted by molar-refractivity contribution is 0.194. The summed E-state index contributed by atoms with van der Waals surface area (Å²) in [5, 5.41) is 0. The Balaban J connectivity index is 2.48. The van der Waals surface area contributed by atoms with Gasteiger partial charge in [-0.05, 0) is 36.1 Å². The van der Waals surface area contributed by atoms with Gasteiger partial charge in [0.1, 0.15) is 0 Å². The largest absolute Gasteiger partial charge is 0.398 e. The Hall–Kier alpha value is -0.903. The molecule has 0 saturated heterocycles. The first-order valence-corrected chi connectivity index (χ1v) is 10.3. The van der Waals surface area contributed by atoms with Gasteiger partial charge in [-0.1, -0.05) is 63.6 Å². The van der Waals surface area contributed by atoms with Crippen LogP contribution < -0.4 is 0 Å². The van der Waals surface area contributed by atoms with Gasteiger partial charge in [-0.3, -0.25) is 0 Å². The molecule has 0 radical (unpaired) electrons. The molecule has 0 amide bonds. The summed E-state index contributed by atoms with van der Waals surface area (Å²) in [6.07, 6.45) is 6.28. The molecule has 0 fully saturated rings. The van der Waals surface area contributed by atoms with Crippen molar-refractivity contribution >= 4 is 14.6 Å². The lowest BCUT2D eigenvalue weighted by Crippen LogP contribution is -2.41. The third kappa shape index (κ3) is 5.77. The molecule has 0 N–H and O–H groups in total. The van der Waals surface area contributed by atoms with Gasteiger partial charge in [0, 0.05) is 13.7 Å². The zero-order valence-corrected chi connectivity index (χ0v) is 14.9. The smallest absolute Gasteiger partial charge is 0.337 e. The summed E-state index contributed by atoms with van der Waals surface area (Å²) < 4.78 is 12.1. The van der Waals surface area contributed by atoms with Gasteiger partial charge >= 0.3 is 8.56 Å². The zero-order chi connectivity index (χ0) is 15.6. The van der Waals surface area contributed by atoms with Gasteiger partial charge in [-0.15, -0.1) is 0 Å². The van der Waals surface area contributed by atoms with Gasteiger partial charge < -0.3 is 8.85 Å². The van der Waals surface area contributed by atoms with Crippen LogP contribution in [-0.4, -0.2) is 22.3 Å². The molecule has 2 nitrogen and oxygen atoms in total. The fourth-order valence-electron chi connectivity index (χ4n) is 2.78. The highest BCUT2D eigenvalue weighted by Crippen LogP contribution is 2.22. The molecule has 0 bridgehead atoms. The van der Waals surface area contributed by atoms with Crippen LogP contribution in [0.3, 0.4) is 0 Å². The molecule has 0 aliphatic carbocycles. The minimum atomic E-state index is -1.95. The first kappa shape index (κ1) is 18.1. The quantitative estimate of drug-likeness (QED) is 0.414. The maximum absolute atomic E-state index is 6.25. The van der Waals surface area contributed by atoms with E-state index in [0.717, 1.165) is 44.4 Å². The molecule has 0 aliphatic rings. The molecular formula is C18H30O2Si. The van der Waals surface area contributed by atoms with Gasteiger partial charge in [-0.25, -0.2) is 0 Å². The van der Waals surface area contributed by atoms with Crippen molar-refractivity contribution in [1.82, 2.24) is 0 Å². The molecule has 0 atom stereocenters. The lowest BCUT2D eigenvalue weighted by Gasteiger charge is -2.28. The average molecular weight is 307 g/mol. The van der Waals surface area contributed by atoms with Crippen molar-refractivity contribution < 1.29 is 8.85 Å². The fourth-order valence-corrected chi connectivity index (χ4v) is 5.88. The van der Waals surface area contributed by atoms with Gasteiger partial charge in [0.2, 0.25) is 0 Å². The van der Waals surface area contributed by atoms with E-state index in [1.807, 2.05) is 13.2 Å². The van der Waals surface area contributed by atoms with Crippen molar-refractivity contribution in [3.05, 3.63) is 42.0 Å². The number of benzene rings is 1. The highest BCUT2D eigenvalue weighted by molar-refractivity contribution is 6.67. The molecule has 0 heterocycles. The second kappa shape index (κ2) is 9.93. The Labute approximate surface area is 131 Å². The van der Waals surface area contributed by atoms with Crippen molar-refractivity contribution in [3.8, 4) is 0 Å². The highest BCUT2D eigenvalue weighted by Gasteiger charge is 2.34. The summed E-state index contributed by atoms with van der Waals surface area (Å²) in [6.45, 7) is 9.09. The van der Waals surface area contributed by atoms with Crippen molar-refractivity contribution in [2.24, 2.45) is 0 Å². The number of aryl methyl sites for hydroxylation is 1. The predicted octanol–water partition coefficient (Wildman–Crippen LogP) is 5.19. The van der Waals surface area contributed by atoms with Crippen LogP contribution in [0.2, 0.25) is 12.1 Å². The summed E-state index contributed by atoms with van der Waals surface area (Å²) in [5.74, 6) is 0. The van der Waals surface area contributed by atoms with Crippen LogP contribution >= 0.6 is 0 Å². The molecule has 0 aromatic heterocycles. The molecule has 0 saturated carbocycles. The Morgan fingerprint density at radius 3 is 2.38 bits per heavy atom. The molecule has 1 rings (SSSR count). The molecule has 0 unspecified atom stereocenters. The molecule has 118 valence electrons. The molecule has 0 aliphatic heterocycles. The lowest BCUT2D eigenvalue weighted by atomic mass is 10.0. The molecule has 0 spiro atoms. The van der Waals surface area contributed by atoms with E-state index in [9.17, 15) is 0 Å². The van der Waals surface area contributed by atoms with Crippen molar-refractivity contribution in [2.45, 2.75) is 51.6 Å². The van der Waals surface area contributed by atoms with E-state index >= 15 is 0 Å². The summed E-state index contributed by atoms with van der Waals surface area (Å²) in [6, 6.07) is 10.6. The van der Waals surface area contributed by atoms with E-state index in [1.54, 1.807) is 0 Å². The summed E-state index contributed by atoms with van der Waals surface area (Å²) in [5.41, 5.74) is 2.58. The van der Waals surface area contributed by atoms with Crippen LogP contribution in [0, 0.1) is 0 Å². The van der Waals surface area contributed by atoms with Crippen LogP contribution in [-0.2, 0) is 15.3 Å². The molecular weight excluding hydrogens is 276 g/mol. The van der Waals surface area contributed by atoms with Gasteiger partial charge in [0.25, 0.3) is 0 Å². The number of rotatable bonds is 11. The Morgan fingerprint density at radius 1 is 1.14 bits per heavy atom. The summed E-state index contributed by atoms with van der Waals surface area (Å²) >= 11 is 0. The van der Waals surface area contributed by atoms with Crippen molar-refractivity contribution in [1.29, 1.82) is 0 Å². The normalized spacial score (nSPS) is 11.6. The monoisotopic (exact) mass is 306 g/mol. The topological polar surface area (TPSA) is 18.5 Å². The summed E-state index contributed by atoms with van der Waals surface area (Å²) in [4.78, 5) is 0. The molecule has 1 aromatic carbocycles. The second-order valence-corrected chi connectivity index (χ2v) is 8.99. The minimum absolute atomic E-state index is 0.797. The Bertz CT molecular complexity index is 411. The standard InChI is InChI=1S/C18H30O2Si/c1-5-15-21(19-4,16-6-2)20-14-10-13-18-12-9-8-11-17(18)7-3/h7-9,11-12H,3,5-6,10,13-16H2,1-2,4H3. The molecule has 21 heavy (non-hydrogen) atoms. The van der Waals surface area contributed by atoms with E-state index in [0.29, 0.717) is 0 Å². The van der Waals surface area contributed by atoms with E-state index < -0.39 is 8.56 Å². The zero-order valence-electron chi connectivity index (χ0n) is 13.9. The van der Waals surface area contributed by atoms with E-state index in [2.05, 4.69) is 44.7 Å². The predicted molar refractivity (Wildman–Crippen MR) is 93.8 cm³/mol. The van der Waals surface area contributed by atoms with Gasteiger partial charge in [0.15, 0.2) is 0 Å². The van der Waals surface area contributed by atoms with Crippen LogP contribution in [0.1, 0.15) is 44.2 Å². The van der Waals surface area contributed by atoms with E-state index in [1.165, 1.54) is 11.1 Å². The third-order valence-electron chi connectivity index (χ3n) is 3.86. The average Bonchev–Trinajstić information content (AvgIpc) is 2.52. The first-order valence-electron chi connectivity index (χ1n) is 8.10. The first-order chi connectivity index (χ1) is 10.2. The fraction of sp³-hybridized carbons (Fsp3) is 0.556. The van der Waals surface area contributed by atoms with Crippen molar-refractivity contribution in [3.63, 3.8) is 0 Å². The molecule has 1 aromatic rings. The Kier molecular flexibility index (Phi) is 8.58. The maximum atomic E-state index is 6.25.